The average molecular weight is 317 g/mol. The Morgan fingerprint density at radius 3 is 2.55 bits per heavy atom. The third-order valence-electron chi connectivity index (χ3n) is 2.99. The van der Waals surface area contributed by atoms with Crippen molar-refractivity contribution in [2.75, 3.05) is 0 Å². The van der Waals surface area contributed by atoms with E-state index in [4.69, 9.17) is 29.0 Å². The molecular formula is C14H12Cl2F2N2. The van der Waals surface area contributed by atoms with Gasteiger partial charge in [-0.2, -0.15) is 0 Å². The molecule has 2 rings (SSSR count). The molecule has 0 heterocycles. The third-order valence-corrected chi connectivity index (χ3v) is 3.85. The van der Waals surface area contributed by atoms with E-state index in [1.54, 1.807) is 18.2 Å². The minimum absolute atomic E-state index is 0.268. The molecule has 106 valence electrons. The fourth-order valence-corrected chi connectivity index (χ4v) is 2.37. The van der Waals surface area contributed by atoms with Crippen molar-refractivity contribution in [3.63, 3.8) is 0 Å². The lowest BCUT2D eigenvalue weighted by molar-refractivity contribution is 0.502. The summed E-state index contributed by atoms with van der Waals surface area (Å²) in [6.45, 7) is 0. The molecule has 0 fully saturated rings. The lowest BCUT2D eigenvalue weighted by Crippen LogP contribution is -2.30. The summed E-state index contributed by atoms with van der Waals surface area (Å²) in [6, 6.07) is 8.01. The molecule has 2 aromatic rings. The van der Waals surface area contributed by atoms with Crippen LogP contribution in [0.5, 0.6) is 0 Å². The first-order valence-electron chi connectivity index (χ1n) is 5.87. The van der Waals surface area contributed by atoms with Gasteiger partial charge in [0.05, 0.1) is 16.1 Å². The Hall–Kier alpha value is -1.20. The Morgan fingerprint density at radius 1 is 1.15 bits per heavy atom. The van der Waals surface area contributed by atoms with Crippen LogP contribution < -0.4 is 11.3 Å². The molecule has 0 saturated heterocycles. The van der Waals surface area contributed by atoms with Gasteiger partial charge in [0, 0.05) is 11.6 Å². The Labute approximate surface area is 125 Å². The number of benzene rings is 2. The highest BCUT2D eigenvalue weighted by Crippen LogP contribution is 2.29. The van der Waals surface area contributed by atoms with Gasteiger partial charge in [0.2, 0.25) is 0 Å². The second-order valence-corrected chi connectivity index (χ2v) is 5.09. The smallest absolute Gasteiger partial charge is 0.130 e. The second kappa shape index (κ2) is 6.50. The fraction of sp³-hybridized carbons (Fsp3) is 0.143. The van der Waals surface area contributed by atoms with Crippen molar-refractivity contribution >= 4 is 23.2 Å². The summed E-state index contributed by atoms with van der Waals surface area (Å²) in [7, 11) is 0. The van der Waals surface area contributed by atoms with E-state index in [0.717, 1.165) is 11.6 Å². The maximum absolute atomic E-state index is 13.8. The highest BCUT2D eigenvalue weighted by Gasteiger charge is 2.17. The van der Waals surface area contributed by atoms with Crippen molar-refractivity contribution in [1.29, 1.82) is 0 Å². The number of nitrogens with two attached hydrogens (primary N) is 1. The summed E-state index contributed by atoms with van der Waals surface area (Å²) in [5.74, 6) is 4.16. The molecule has 0 aliphatic carbocycles. The molecular weight excluding hydrogens is 305 g/mol. The molecule has 1 atom stereocenters. The van der Waals surface area contributed by atoms with Crippen LogP contribution in [0.3, 0.4) is 0 Å². The van der Waals surface area contributed by atoms with Crippen molar-refractivity contribution < 1.29 is 8.78 Å². The monoisotopic (exact) mass is 316 g/mol. The van der Waals surface area contributed by atoms with Crippen LogP contribution in [0.2, 0.25) is 10.0 Å². The van der Waals surface area contributed by atoms with Gasteiger partial charge < -0.3 is 0 Å². The fourth-order valence-electron chi connectivity index (χ4n) is 1.97. The van der Waals surface area contributed by atoms with E-state index >= 15 is 0 Å². The quantitative estimate of drug-likeness (QED) is 0.660. The van der Waals surface area contributed by atoms with Crippen LogP contribution in [0, 0.1) is 11.6 Å². The highest BCUT2D eigenvalue weighted by molar-refractivity contribution is 6.42. The second-order valence-electron chi connectivity index (χ2n) is 4.30. The van der Waals surface area contributed by atoms with Gasteiger partial charge in [-0.3, -0.25) is 11.3 Å². The molecule has 0 amide bonds. The van der Waals surface area contributed by atoms with E-state index in [9.17, 15) is 8.78 Å². The molecule has 0 aliphatic rings. The van der Waals surface area contributed by atoms with Crippen LogP contribution >= 0.6 is 23.2 Å². The van der Waals surface area contributed by atoms with Crippen LogP contribution in [-0.2, 0) is 6.42 Å². The Balaban J connectivity index is 2.31. The van der Waals surface area contributed by atoms with Gasteiger partial charge in [-0.25, -0.2) is 8.78 Å². The van der Waals surface area contributed by atoms with Crippen LogP contribution in [0.25, 0.3) is 0 Å². The zero-order chi connectivity index (χ0) is 14.7. The van der Waals surface area contributed by atoms with E-state index in [2.05, 4.69) is 5.43 Å². The lowest BCUT2D eigenvalue weighted by Gasteiger charge is -2.18. The normalized spacial score (nSPS) is 12.4. The number of hydrogen-bond donors (Lipinski definition) is 2. The Bertz CT molecular complexity index is 620. The average Bonchev–Trinajstić information content (AvgIpc) is 2.41. The lowest BCUT2D eigenvalue weighted by atomic mass is 9.99. The highest BCUT2D eigenvalue weighted by atomic mass is 35.5. The van der Waals surface area contributed by atoms with Gasteiger partial charge in [0.15, 0.2) is 0 Å². The van der Waals surface area contributed by atoms with Crippen molar-refractivity contribution in [2.24, 2.45) is 5.84 Å². The van der Waals surface area contributed by atoms with E-state index in [-0.39, 0.29) is 5.56 Å². The number of halogens is 4. The van der Waals surface area contributed by atoms with Crippen LogP contribution in [0.15, 0.2) is 36.4 Å². The topological polar surface area (TPSA) is 38.0 Å². The first-order chi connectivity index (χ1) is 9.52. The van der Waals surface area contributed by atoms with Crippen molar-refractivity contribution in [1.82, 2.24) is 5.43 Å². The number of rotatable bonds is 4. The summed E-state index contributed by atoms with van der Waals surface area (Å²) in [4.78, 5) is 0. The van der Waals surface area contributed by atoms with E-state index in [1.807, 2.05) is 0 Å². The van der Waals surface area contributed by atoms with Gasteiger partial charge in [-0.05, 0) is 24.1 Å². The first kappa shape index (κ1) is 15.2. The minimum atomic E-state index is -0.661. The minimum Gasteiger partial charge on any atom is -0.271 e. The molecule has 20 heavy (non-hydrogen) atoms. The maximum Gasteiger partial charge on any atom is 0.130 e. The van der Waals surface area contributed by atoms with Crippen LogP contribution in [-0.4, -0.2) is 0 Å². The zero-order valence-corrected chi connectivity index (χ0v) is 11.8. The predicted molar refractivity (Wildman–Crippen MR) is 76.6 cm³/mol. The summed E-state index contributed by atoms with van der Waals surface area (Å²) in [6.07, 6.45) is 0.332. The van der Waals surface area contributed by atoms with E-state index in [0.29, 0.717) is 16.5 Å². The van der Waals surface area contributed by atoms with Gasteiger partial charge in [-0.1, -0.05) is 41.4 Å². The summed E-state index contributed by atoms with van der Waals surface area (Å²) in [5, 5.41) is 0.816. The SMILES string of the molecule is NNC(Cc1cccc(Cl)c1Cl)c1ccc(F)cc1F. The Kier molecular flexibility index (Phi) is 4.94. The van der Waals surface area contributed by atoms with Crippen LogP contribution in [0.1, 0.15) is 17.2 Å². The molecule has 0 saturated carbocycles. The van der Waals surface area contributed by atoms with Gasteiger partial charge in [0.1, 0.15) is 11.6 Å². The van der Waals surface area contributed by atoms with Gasteiger partial charge >= 0.3 is 0 Å². The number of hydrazine groups is 1. The molecule has 0 bridgehead atoms. The summed E-state index contributed by atoms with van der Waals surface area (Å²) < 4.78 is 26.7. The van der Waals surface area contributed by atoms with Crippen molar-refractivity contribution in [3.8, 4) is 0 Å². The Morgan fingerprint density at radius 2 is 1.90 bits per heavy atom. The van der Waals surface area contributed by atoms with Gasteiger partial charge in [0.25, 0.3) is 0 Å². The van der Waals surface area contributed by atoms with E-state index in [1.165, 1.54) is 12.1 Å². The van der Waals surface area contributed by atoms with Crippen molar-refractivity contribution in [3.05, 3.63) is 69.2 Å². The molecule has 0 aromatic heterocycles. The largest absolute Gasteiger partial charge is 0.271 e. The predicted octanol–water partition coefficient (Wildman–Crippen LogP) is 4.02. The van der Waals surface area contributed by atoms with Gasteiger partial charge in [-0.15, -0.1) is 0 Å². The molecule has 6 heteroatoms. The summed E-state index contributed by atoms with van der Waals surface area (Å²) >= 11 is 12.0. The summed E-state index contributed by atoms with van der Waals surface area (Å²) in [5.41, 5.74) is 3.51. The molecule has 2 aromatic carbocycles. The molecule has 0 aliphatic heterocycles. The molecule has 2 nitrogen and oxygen atoms in total. The maximum atomic E-state index is 13.8. The van der Waals surface area contributed by atoms with E-state index < -0.39 is 17.7 Å². The third kappa shape index (κ3) is 3.27. The molecule has 3 N–H and O–H groups in total. The number of hydrogen-bond acceptors (Lipinski definition) is 2. The zero-order valence-electron chi connectivity index (χ0n) is 10.3. The van der Waals surface area contributed by atoms with Crippen LogP contribution in [0.4, 0.5) is 8.78 Å². The first-order valence-corrected chi connectivity index (χ1v) is 6.62. The number of nitrogens with one attached hydrogen (secondary N) is 1. The van der Waals surface area contributed by atoms with Crippen molar-refractivity contribution in [2.45, 2.75) is 12.5 Å². The standard InChI is InChI=1S/C14H12Cl2F2N2/c15-11-3-1-2-8(14(11)16)6-13(20-19)10-5-4-9(17)7-12(10)18/h1-5,7,13,20H,6,19H2. The molecule has 1 unspecified atom stereocenters. The molecule has 0 spiro atoms. The molecule has 0 radical (unpaired) electrons.